The quantitative estimate of drug-likeness (QED) is 0.349. The van der Waals surface area contributed by atoms with Crippen LogP contribution in [0, 0.1) is 12.7 Å². The van der Waals surface area contributed by atoms with Crippen molar-refractivity contribution in [3.8, 4) is 0 Å². The average molecular weight is 414 g/mol. The molecule has 6 nitrogen and oxygen atoms in total. The maximum atomic E-state index is 12.9. The summed E-state index contributed by atoms with van der Waals surface area (Å²) in [6.07, 6.45) is 2.23. The largest absolute Gasteiger partial charge is 0.461 e. The van der Waals surface area contributed by atoms with Crippen LogP contribution in [0.5, 0.6) is 0 Å². The highest BCUT2D eigenvalue weighted by Gasteiger charge is 2.24. The van der Waals surface area contributed by atoms with E-state index in [2.05, 4.69) is 4.98 Å². The van der Waals surface area contributed by atoms with E-state index in [4.69, 9.17) is 4.74 Å². The second kappa shape index (κ2) is 7.87. The fourth-order valence-corrected chi connectivity index (χ4v) is 4.60. The number of ketones is 1. The van der Waals surface area contributed by atoms with Crippen LogP contribution < -0.4 is 5.56 Å². The molecule has 0 amide bonds. The third kappa shape index (κ3) is 3.72. The summed E-state index contributed by atoms with van der Waals surface area (Å²) < 4.78 is 19.9. The summed E-state index contributed by atoms with van der Waals surface area (Å²) in [5.74, 6) is -0.272. The molecule has 8 heteroatoms. The number of halogens is 1. The van der Waals surface area contributed by atoms with Crippen LogP contribution in [-0.2, 0) is 17.7 Å². The Morgan fingerprint density at radius 1 is 1.28 bits per heavy atom. The molecule has 0 saturated heterocycles. The molecule has 0 fully saturated rings. The Balaban J connectivity index is 1.40. The van der Waals surface area contributed by atoms with E-state index in [-0.39, 0.29) is 24.4 Å². The standard InChI is InChI=1S/C21H19FN2O4S/c1-12-17-19(23-16-5-2-10-24(16)20(17)26)29-18(12)21(27)28-11-3-4-15(25)13-6-8-14(22)9-7-13/h6-9H,2-5,10-11H2,1H3. The van der Waals surface area contributed by atoms with E-state index in [1.54, 1.807) is 11.5 Å². The Morgan fingerprint density at radius 2 is 2.03 bits per heavy atom. The van der Waals surface area contributed by atoms with E-state index in [9.17, 15) is 18.8 Å². The van der Waals surface area contributed by atoms with Gasteiger partial charge < -0.3 is 4.74 Å². The first-order valence-corrected chi connectivity index (χ1v) is 10.3. The van der Waals surface area contributed by atoms with Crippen LogP contribution in [0.25, 0.3) is 10.2 Å². The second-order valence-electron chi connectivity index (χ2n) is 6.99. The van der Waals surface area contributed by atoms with E-state index < -0.39 is 11.8 Å². The van der Waals surface area contributed by atoms with Gasteiger partial charge in [0.15, 0.2) is 5.78 Å². The van der Waals surface area contributed by atoms with Gasteiger partial charge in [-0.15, -0.1) is 11.3 Å². The van der Waals surface area contributed by atoms with E-state index in [1.807, 2.05) is 0 Å². The Kier molecular flexibility index (Phi) is 5.27. The number of hydrogen-bond donors (Lipinski definition) is 0. The van der Waals surface area contributed by atoms with Crippen molar-refractivity contribution in [2.24, 2.45) is 0 Å². The molecule has 0 atom stereocenters. The van der Waals surface area contributed by atoms with E-state index in [0.29, 0.717) is 39.2 Å². The molecular weight excluding hydrogens is 395 g/mol. The number of ether oxygens (including phenoxy) is 1. The number of aryl methyl sites for hydroxylation is 2. The van der Waals surface area contributed by atoms with Gasteiger partial charge in [0.25, 0.3) is 5.56 Å². The van der Waals surface area contributed by atoms with E-state index in [0.717, 1.165) is 18.7 Å². The Hall–Kier alpha value is -2.87. The molecule has 1 aromatic carbocycles. The molecule has 0 radical (unpaired) electrons. The van der Waals surface area contributed by atoms with E-state index in [1.165, 1.54) is 35.6 Å². The van der Waals surface area contributed by atoms with Gasteiger partial charge in [-0.2, -0.15) is 0 Å². The fourth-order valence-electron chi connectivity index (χ4n) is 3.51. The highest BCUT2D eigenvalue weighted by atomic mass is 32.1. The van der Waals surface area contributed by atoms with Gasteiger partial charge in [-0.05, 0) is 49.6 Å². The molecule has 3 heterocycles. The summed E-state index contributed by atoms with van der Waals surface area (Å²) >= 11 is 1.17. The van der Waals surface area contributed by atoms with Gasteiger partial charge >= 0.3 is 5.97 Å². The molecule has 29 heavy (non-hydrogen) atoms. The number of esters is 1. The SMILES string of the molecule is Cc1c(C(=O)OCCCC(=O)c2ccc(F)cc2)sc2nc3n(c(=O)c12)CCC3. The van der Waals surface area contributed by atoms with Crippen LogP contribution in [0.3, 0.4) is 0 Å². The summed E-state index contributed by atoms with van der Waals surface area (Å²) in [6, 6.07) is 5.36. The monoisotopic (exact) mass is 414 g/mol. The highest BCUT2D eigenvalue weighted by Crippen LogP contribution is 2.29. The molecule has 3 aromatic rings. The first-order chi connectivity index (χ1) is 14.0. The lowest BCUT2D eigenvalue weighted by Gasteiger charge is -2.04. The summed E-state index contributed by atoms with van der Waals surface area (Å²) in [4.78, 5) is 42.7. The van der Waals surface area contributed by atoms with Crippen LogP contribution in [0.1, 0.15) is 50.7 Å². The maximum absolute atomic E-state index is 12.9. The lowest BCUT2D eigenvalue weighted by Crippen LogP contribution is -2.20. The van der Waals surface area contributed by atoms with Gasteiger partial charge in [0.1, 0.15) is 21.3 Å². The predicted molar refractivity (Wildman–Crippen MR) is 107 cm³/mol. The molecule has 0 saturated carbocycles. The molecule has 0 bridgehead atoms. The molecule has 0 unspecified atom stereocenters. The minimum Gasteiger partial charge on any atom is -0.461 e. The van der Waals surface area contributed by atoms with Crippen LogP contribution >= 0.6 is 11.3 Å². The van der Waals surface area contributed by atoms with Gasteiger partial charge in [0.2, 0.25) is 0 Å². The number of hydrogen-bond acceptors (Lipinski definition) is 6. The number of carbonyl (C=O) groups excluding carboxylic acids is 2. The predicted octanol–water partition coefficient (Wildman–Crippen LogP) is 3.67. The normalized spacial score (nSPS) is 12.9. The molecule has 0 aliphatic carbocycles. The smallest absolute Gasteiger partial charge is 0.348 e. The molecule has 150 valence electrons. The van der Waals surface area contributed by atoms with Crippen LogP contribution in [-0.4, -0.2) is 27.9 Å². The molecule has 2 aromatic heterocycles. The first kappa shape index (κ1) is 19.4. The van der Waals surface area contributed by atoms with Crippen molar-refractivity contribution in [1.29, 1.82) is 0 Å². The molecule has 1 aliphatic rings. The lowest BCUT2D eigenvalue weighted by atomic mass is 10.1. The molecule has 0 spiro atoms. The number of rotatable bonds is 6. The van der Waals surface area contributed by atoms with Crippen molar-refractivity contribution >= 4 is 33.3 Å². The number of benzene rings is 1. The first-order valence-electron chi connectivity index (χ1n) is 9.44. The van der Waals surface area contributed by atoms with Crippen molar-refractivity contribution in [2.75, 3.05) is 6.61 Å². The van der Waals surface area contributed by atoms with Gasteiger partial charge in [-0.25, -0.2) is 14.2 Å². The minimum absolute atomic E-state index is 0.0857. The maximum Gasteiger partial charge on any atom is 0.348 e. The van der Waals surface area contributed by atoms with Gasteiger partial charge in [-0.3, -0.25) is 14.2 Å². The van der Waals surface area contributed by atoms with Crippen molar-refractivity contribution < 1.29 is 18.7 Å². The third-order valence-corrected chi connectivity index (χ3v) is 6.21. The second-order valence-corrected chi connectivity index (χ2v) is 7.99. The third-order valence-electron chi connectivity index (χ3n) is 5.04. The zero-order valence-electron chi connectivity index (χ0n) is 15.9. The number of thiophene rings is 1. The number of aromatic nitrogens is 2. The van der Waals surface area contributed by atoms with Gasteiger partial charge in [-0.1, -0.05) is 0 Å². The molecule has 4 rings (SSSR count). The summed E-state index contributed by atoms with van der Waals surface area (Å²) in [5, 5.41) is 0.485. The Labute approximate surface area is 170 Å². The van der Waals surface area contributed by atoms with Gasteiger partial charge in [0.05, 0.1) is 12.0 Å². The summed E-state index contributed by atoms with van der Waals surface area (Å²) in [7, 11) is 0. The zero-order valence-corrected chi connectivity index (χ0v) is 16.7. The number of fused-ring (bicyclic) bond motifs is 2. The summed E-state index contributed by atoms with van der Waals surface area (Å²) in [5.41, 5.74) is 0.926. The molecule has 1 aliphatic heterocycles. The van der Waals surface area contributed by atoms with Crippen molar-refractivity contribution in [1.82, 2.24) is 9.55 Å². The Morgan fingerprint density at radius 3 is 2.79 bits per heavy atom. The van der Waals surface area contributed by atoms with Crippen molar-refractivity contribution in [3.05, 3.63) is 62.3 Å². The number of nitrogens with zero attached hydrogens (tertiary/aromatic N) is 2. The molecule has 0 N–H and O–H groups in total. The minimum atomic E-state index is -0.510. The number of carbonyl (C=O) groups is 2. The van der Waals surface area contributed by atoms with Crippen molar-refractivity contribution in [3.63, 3.8) is 0 Å². The van der Waals surface area contributed by atoms with E-state index >= 15 is 0 Å². The topological polar surface area (TPSA) is 78.3 Å². The lowest BCUT2D eigenvalue weighted by molar-refractivity contribution is 0.0499. The fraction of sp³-hybridized carbons (Fsp3) is 0.333. The van der Waals surface area contributed by atoms with Crippen LogP contribution in [0.2, 0.25) is 0 Å². The molecular formula is C21H19FN2O4S. The number of Topliss-reactive ketones (excluding diaryl/α,β-unsaturated/α-hetero) is 1. The zero-order chi connectivity index (χ0) is 20.5. The average Bonchev–Trinajstić information content (AvgIpc) is 3.30. The highest BCUT2D eigenvalue weighted by molar-refractivity contribution is 7.20. The Bertz CT molecular complexity index is 1160. The van der Waals surface area contributed by atoms with Crippen LogP contribution in [0.15, 0.2) is 29.1 Å². The summed E-state index contributed by atoms with van der Waals surface area (Å²) in [6.45, 7) is 2.48. The van der Waals surface area contributed by atoms with Crippen LogP contribution in [0.4, 0.5) is 4.39 Å². The van der Waals surface area contributed by atoms with Crippen molar-refractivity contribution in [2.45, 2.75) is 39.2 Å². The van der Waals surface area contributed by atoms with Gasteiger partial charge in [0, 0.05) is 24.9 Å².